The van der Waals surface area contributed by atoms with Crippen molar-refractivity contribution in [1.82, 2.24) is 0 Å². The fourth-order valence-corrected chi connectivity index (χ4v) is 0.509. The fourth-order valence-electron chi connectivity index (χ4n) is 0.509. The second-order valence-electron chi connectivity index (χ2n) is 2.42. The summed E-state index contributed by atoms with van der Waals surface area (Å²) in [4.78, 5) is 0. The molecule has 0 N–H and O–H groups in total. The highest BCUT2D eigenvalue weighted by molar-refractivity contribution is 6.37. The van der Waals surface area contributed by atoms with E-state index in [2.05, 4.69) is 33.6 Å². The zero-order valence-electron chi connectivity index (χ0n) is 7.84. The van der Waals surface area contributed by atoms with Gasteiger partial charge in [0.1, 0.15) is 0 Å². The van der Waals surface area contributed by atoms with E-state index in [9.17, 15) is 0 Å². The van der Waals surface area contributed by atoms with Crippen LogP contribution in [0, 0.1) is 13.8 Å². The third-order valence-electron chi connectivity index (χ3n) is 0.823. The smallest absolute Gasteiger partial charge is 0.494 e. The van der Waals surface area contributed by atoms with E-state index >= 15 is 0 Å². The van der Waals surface area contributed by atoms with Gasteiger partial charge in [-0.3, -0.25) is 0 Å². The van der Waals surface area contributed by atoms with Crippen molar-refractivity contribution in [3.05, 3.63) is 50.9 Å². The first-order chi connectivity index (χ1) is 5.91. The third kappa shape index (κ3) is 6.93. The van der Waals surface area contributed by atoms with Crippen LogP contribution in [0.5, 0.6) is 0 Å². The highest BCUT2D eigenvalue weighted by Crippen LogP contribution is 2.06. The molecule has 0 saturated carbocycles. The molecule has 0 unspecified atom stereocenters. The Labute approximate surface area is 79.9 Å². The van der Waals surface area contributed by atoms with Crippen molar-refractivity contribution in [1.29, 1.82) is 0 Å². The van der Waals surface area contributed by atoms with Crippen molar-refractivity contribution in [3.63, 3.8) is 0 Å². The molecule has 0 spiro atoms. The average Bonchev–Trinajstić information content (AvgIpc) is 1.80. The Morgan fingerprint density at radius 2 is 1.69 bits per heavy atom. The Hall–Kier alpha value is -1.45. The van der Waals surface area contributed by atoms with Crippen molar-refractivity contribution >= 4 is 7.32 Å². The van der Waals surface area contributed by atoms with Gasteiger partial charge in [-0.1, -0.05) is 13.2 Å². The van der Waals surface area contributed by atoms with Crippen LogP contribution in [-0.2, 0) is 14.0 Å². The summed E-state index contributed by atoms with van der Waals surface area (Å²) in [6, 6.07) is 0. The van der Waals surface area contributed by atoms with Crippen molar-refractivity contribution in [2.45, 2.75) is 6.92 Å². The molecule has 0 aromatic carbocycles. The molecule has 13 heavy (non-hydrogen) atoms. The van der Waals surface area contributed by atoms with E-state index in [4.69, 9.17) is 14.0 Å². The number of allylic oxidation sites excluding steroid dienone is 3. The molecule has 0 atom stereocenters. The van der Waals surface area contributed by atoms with Crippen molar-refractivity contribution in [2.24, 2.45) is 0 Å². The monoisotopic (exact) mass is 180 g/mol. The van der Waals surface area contributed by atoms with E-state index in [1.54, 1.807) is 6.92 Å². The van der Waals surface area contributed by atoms with Gasteiger partial charge < -0.3 is 14.0 Å². The predicted octanol–water partition coefficient (Wildman–Crippen LogP) is 2.25. The van der Waals surface area contributed by atoms with Gasteiger partial charge in [-0.2, -0.15) is 0 Å². The summed E-state index contributed by atoms with van der Waals surface area (Å²) < 4.78 is 15.0. The van der Waals surface area contributed by atoms with Gasteiger partial charge in [0.25, 0.3) is 5.76 Å². The van der Waals surface area contributed by atoms with Crippen molar-refractivity contribution < 1.29 is 14.0 Å². The third-order valence-corrected chi connectivity index (χ3v) is 0.823. The molecule has 0 fully saturated rings. The van der Waals surface area contributed by atoms with Crippen LogP contribution < -0.4 is 0 Å². The summed E-state index contributed by atoms with van der Waals surface area (Å²) in [6.07, 6.45) is 0. The number of rotatable bonds is 6. The molecule has 69 valence electrons. The van der Waals surface area contributed by atoms with Crippen LogP contribution in [0.2, 0.25) is 0 Å². The number of hydrogen-bond donors (Lipinski definition) is 0. The van der Waals surface area contributed by atoms with Crippen LogP contribution in [0.4, 0.5) is 0 Å². The average molecular weight is 180 g/mol. The summed E-state index contributed by atoms with van der Waals surface area (Å²) in [7, 11) is -0.965. The van der Waals surface area contributed by atoms with Gasteiger partial charge in [0.05, 0.1) is 25.0 Å². The molecule has 0 rings (SSSR count). The highest BCUT2D eigenvalue weighted by Gasteiger charge is 2.30. The maximum absolute atomic E-state index is 5.03. The summed E-state index contributed by atoms with van der Waals surface area (Å²) in [5, 5.41) is 0. The van der Waals surface area contributed by atoms with Gasteiger partial charge in [-0.25, -0.2) is 0 Å². The lowest BCUT2D eigenvalue weighted by Crippen LogP contribution is -2.24. The minimum atomic E-state index is -0.965. The van der Waals surface area contributed by atoms with Crippen LogP contribution in [0.15, 0.2) is 37.0 Å². The molecule has 0 aliphatic rings. The Kier molecular flexibility index (Phi) is 4.66. The minimum absolute atomic E-state index is 0.229. The summed E-state index contributed by atoms with van der Waals surface area (Å²) in [5.74, 6) is 0.910. The quantitative estimate of drug-likeness (QED) is 0.356. The SMILES string of the molecule is [CH2]C(=C)OB(OC(=C)[CH2+])OC(=C)C. The van der Waals surface area contributed by atoms with Crippen molar-refractivity contribution in [3.8, 4) is 0 Å². The maximum Gasteiger partial charge on any atom is 0.866 e. The van der Waals surface area contributed by atoms with Gasteiger partial charge in [-0.05, 0) is 6.92 Å². The fraction of sp³-hybridized carbons (Fsp3) is 0.111. The molecular formula is C9H13BO3+. The Balaban J connectivity index is 4.10. The lowest BCUT2D eigenvalue weighted by molar-refractivity contribution is 0.191. The van der Waals surface area contributed by atoms with E-state index in [0.29, 0.717) is 5.76 Å². The van der Waals surface area contributed by atoms with E-state index in [1.165, 1.54) is 0 Å². The van der Waals surface area contributed by atoms with E-state index in [-0.39, 0.29) is 11.5 Å². The molecule has 0 amide bonds. The highest BCUT2D eigenvalue weighted by atomic mass is 16.7. The summed E-state index contributed by atoms with van der Waals surface area (Å²) in [6.45, 7) is 18.9. The molecule has 0 aliphatic carbocycles. The van der Waals surface area contributed by atoms with E-state index in [1.807, 2.05) is 0 Å². The largest absolute Gasteiger partial charge is 0.866 e. The summed E-state index contributed by atoms with van der Waals surface area (Å²) in [5.41, 5.74) is 0. The van der Waals surface area contributed by atoms with Gasteiger partial charge in [0, 0.05) is 6.92 Å². The molecule has 0 aromatic heterocycles. The standard InChI is InChI=1S/C9H13BO3/c1-7(2)11-10(12-8(3)4)13-9(5)6/h1-5H2,6H3/q+1. The van der Waals surface area contributed by atoms with Crippen LogP contribution in [0.25, 0.3) is 0 Å². The molecule has 0 heterocycles. The van der Waals surface area contributed by atoms with Gasteiger partial charge in [0.2, 0.25) is 0 Å². The van der Waals surface area contributed by atoms with Gasteiger partial charge >= 0.3 is 7.32 Å². The topological polar surface area (TPSA) is 27.7 Å². The minimum Gasteiger partial charge on any atom is -0.494 e. The van der Waals surface area contributed by atoms with Gasteiger partial charge in [0.15, 0.2) is 0 Å². The van der Waals surface area contributed by atoms with Crippen molar-refractivity contribution in [2.75, 3.05) is 0 Å². The molecular weight excluding hydrogens is 167 g/mol. The molecule has 0 bridgehead atoms. The van der Waals surface area contributed by atoms with E-state index < -0.39 is 7.32 Å². The predicted molar refractivity (Wildman–Crippen MR) is 52.8 cm³/mol. The lowest BCUT2D eigenvalue weighted by Gasteiger charge is -2.13. The Morgan fingerprint density at radius 1 is 1.15 bits per heavy atom. The molecule has 3 nitrogen and oxygen atoms in total. The van der Waals surface area contributed by atoms with Crippen LogP contribution in [0.1, 0.15) is 6.92 Å². The van der Waals surface area contributed by atoms with Gasteiger partial charge in [-0.15, -0.1) is 0 Å². The molecule has 0 aliphatic heterocycles. The zero-order valence-corrected chi connectivity index (χ0v) is 7.84. The van der Waals surface area contributed by atoms with E-state index in [0.717, 1.165) is 0 Å². The molecule has 0 aromatic rings. The second kappa shape index (κ2) is 5.24. The molecule has 0 saturated heterocycles. The molecule has 1 radical (unpaired) electrons. The lowest BCUT2D eigenvalue weighted by atomic mass is 10.2. The molecule has 4 heteroatoms. The maximum atomic E-state index is 5.03. The first-order valence-electron chi connectivity index (χ1n) is 3.59. The van der Waals surface area contributed by atoms with Crippen LogP contribution in [0.3, 0.4) is 0 Å². The first-order valence-corrected chi connectivity index (χ1v) is 3.59. The second-order valence-corrected chi connectivity index (χ2v) is 2.42. The number of hydrogen-bond acceptors (Lipinski definition) is 3. The first kappa shape index (κ1) is 11.6. The summed E-state index contributed by atoms with van der Waals surface area (Å²) >= 11 is 0. The Bertz CT molecular complexity index is 185. The van der Waals surface area contributed by atoms with Crippen LogP contribution >= 0.6 is 0 Å². The van der Waals surface area contributed by atoms with Crippen LogP contribution in [-0.4, -0.2) is 7.32 Å². The normalized spacial score (nSPS) is 8.46. The Morgan fingerprint density at radius 3 is 2.00 bits per heavy atom. The zero-order chi connectivity index (χ0) is 10.4.